The number of benzene rings is 2. The Morgan fingerprint density at radius 2 is 1.55 bits per heavy atom. The van der Waals surface area contributed by atoms with Crippen LogP contribution in [0.15, 0.2) is 59.5 Å². The lowest BCUT2D eigenvalue weighted by Gasteiger charge is -2.11. The third kappa shape index (κ3) is 9.07. The number of aromatic nitrogens is 2. The fraction of sp³-hybridized carbons (Fsp3) is 0.333. The molecule has 0 bridgehead atoms. The number of aryl methyl sites for hydroxylation is 2. The number of nitrogens with zero attached hydrogens (tertiary/aromatic N) is 2. The van der Waals surface area contributed by atoms with E-state index in [1.54, 1.807) is 56.3 Å². The Morgan fingerprint density at radius 1 is 0.921 bits per heavy atom. The Kier molecular flexibility index (Phi) is 10.5. The molecule has 1 heterocycles. The largest absolute Gasteiger partial charge is 0.494 e. The van der Waals surface area contributed by atoms with E-state index < -0.39 is 10.0 Å². The van der Waals surface area contributed by atoms with E-state index in [1.807, 2.05) is 0 Å². The highest BCUT2D eigenvalue weighted by atomic mass is 32.2. The number of rotatable bonds is 12. The average Bonchev–Trinajstić information content (AvgIpc) is 2.86. The van der Waals surface area contributed by atoms with Gasteiger partial charge in [0, 0.05) is 22.6 Å². The molecule has 0 aliphatic heterocycles. The fourth-order valence-electron chi connectivity index (χ4n) is 3.60. The van der Waals surface area contributed by atoms with Crippen molar-refractivity contribution in [2.45, 2.75) is 57.8 Å². The van der Waals surface area contributed by atoms with Gasteiger partial charge in [-0.05, 0) is 87.1 Å². The summed E-state index contributed by atoms with van der Waals surface area (Å²) in [6.07, 6.45) is 5.83. The Hall–Kier alpha value is -3.57. The van der Waals surface area contributed by atoms with E-state index in [0.29, 0.717) is 35.0 Å². The van der Waals surface area contributed by atoms with Gasteiger partial charge < -0.3 is 10.1 Å². The van der Waals surface area contributed by atoms with Gasteiger partial charge in [-0.2, -0.15) is 0 Å². The second kappa shape index (κ2) is 13.8. The van der Waals surface area contributed by atoms with Crippen LogP contribution in [0, 0.1) is 13.8 Å². The Bertz CT molecular complexity index is 1320. The zero-order chi connectivity index (χ0) is 27.5. The van der Waals surface area contributed by atoms with Crippen molar-refractivity contribution in [3.05, 3.63) is 71.5 Å². The van der Waals surface area contributed by atoms with Crippen LogP contribution in [-0.2, 0) is 10.0 Å². The van der Waals surface area contributed by atoms with Crippen LogP contribution in [-0.4, -0.2) is 36.0 Å². The van der Waals surface area contributed by atoms with Crippen LogP contribution in [0.25, 0.3) is 0 Å². The minimum Gasteiger partial charge on any atom is -0.494 e. The first-order chi connectivity index (χ1) is 18.2. The maximum absolute atomic E-state index is 12.7. The van der Waals surface area contributed by atoms with E-state index in [4.69, 9.17) is 17.0 Å². The minimum atomic E-state index is -3.88. The van der Waals surface area contributed by atoms with Crippen molar-refractivity contribution < 1.29 is 17.9 Å². The number of carbonyl (C=O) groups excluding carboxylic acids is 1. The summed E-state index contributed by atoms with van der Waals surface area (Å²) in [6, 6.07) is 14.5. The molecule has 11 heteroatoms. The molecule has 0 saturated carbocycles. The maximum atomic E-state index is 12.7. The van der Waals surface area contributed by atoms with E-state index in [1.165, 1.54) is 31.4 Å². The van der Waals surface area contributed by atoms with Crippen molar-refractivity contribution in [3.63, 3.8) is 0 Å². The van der Waals surface area contributed by atoms with Crippen molar-refractivity contribution in [2.75, 3.05) is 16.6 Å². The highest BCUT2D eigenvalue weighted by molar-refractivity contribution is 7.92. The maximum Gasteiger partial charge on any atom is 0.264 e. The van der Waals surface area contributed by atoms with E-state index >= 15 is 0 Å². The van der Waals surface area contributed by atoms with Gasteiger partial charge >= 0.3 is 0 Å². The predicted molar refractivity (Wildman–Crippen MR) is 153 cm³/mol. The molecule has 0 fully saturated rings. The molecule has 9 nitrogen and oxygen atoms in total. The summed E-state index contributed by atoms with van der Waals surface area (Å²) in [5.74, 6) is 0.354. The van der Waals surface area contributed by atoms with Crippen molar-refractivity contribution in [2.24, 2.45) is 0 Å². The third-order valence-corrected chi connectivity index (χ3v) is 7.04. The van der Waals surface area contributed by atoms with Crippen molar-refractivity contribution in [1.82, 2.24) is 15.3 Å². The van der Waals surface area contributed by atoms with Crippen molar-refractivity contribution >= 4 is 44.9 Å². The highest BCUT2D eigenvalue weighted by Crippen LogP contribution is 2.18. The average molecular weight is 556 g/mol. The van der Waals surface area contributed by atoms with Crippen molar-refractivity contribution in [3.8, 4) is 5.75 Å². The van der Waals surface area contributed by atoms with E-state index in [-0.39, 0.29) is 21.9 Å². The molecule has 0 aliphatic rings. The summed E-state index contributed by atoms with van der Waals surface area (Å²) in [7, 11) is -3.88. The molecule has 0 atom stereocenters. The standard InChI is InChI=1S/C27H33N5O4S2/c1-4-5-6-7-8-17-36-23-13-9-21(10-14-23)25(33)31-27(37)30-22-11-15-24(16-12-22)38(34,35)32-26-28-19(2)18-20(3)29-26/h9-16,18H,4-8,17H2,1-3H3,(H,28,29,32)(H2,30,31,33,37). The van der Waals surface area contributed by atoms with Crippen LogP contribution in [0.1, 0.15) is 60.8 Å². The van der Waals surface area contributed by atoms with Crippen LogP contribution in [0.2, 0.25) is 0 Å². The molecule has 0 spiro atoms. The molecule has 3 aromatic rings. The number of ether oxygens (including phenoxy) is 1. The minimum absolute atomic E-state index is 0.00981. The molecule has 202 valence electrons. The summed E-state index contributed by atoms with van der Waals surface area (Å²) >= 11 is 5.24. The zero-order valence-corrected chi connectivity index (χ0v) is 23.4. The molecule has 1 amide bonds. The third-order valence-electron chi connectivity index (χ3n) is 5.49. The number of sulfonamides is 1. The monoisotopic (exact) mass is 555 g/mol. The fourth-order valence-corrected chi connectivity index (χ4v) is 4.76. The SMILES string of the molecule is CCCCCCCOc1ccc(C(=O)NC(=S)Nc2ccc(S(=O)(=O)Nc3nc(C)cc(C)n3)cc2)cc1. The highest BCUT2D eigenvalue weighted by Gasteiger charge is 2.16. The number of hydrogen-bond donors (Lipinski definition) is 3. The van der Waals surface area contributed by atoms with Crippen LogP contribution < -0.4 is 20.1 Å². The first-order valence-electron chi connectivity index (χ1n) is 12.5. The molecule has 2 aromatic carbocycles. The molecular formula is C27H33N5O4S2. The van der Waals surface area contributed by atoms with Gasteiger partial charge in [-0.15, -0.1) is 0 Å². The number of thiocarbonyl (C=S) groups is 1. The topological polar surface area (TPSA) is 122 Å². The number of carbonyl (C=O) groups is 1. The molecule has 0 aliphatic carbocycles. The normalized spacial score (nSPS) is 11.0. The summed E-state index contributed by atoms with van der Waals surface area (Å²) < 4.78 is 33.5. The molecule has 3 N–H and O–H groups in total. The Labute approximate surface area is 229 Å². The smallest absolute Gasteiger partial charge is 0.264 e. The molecule has 0 radical (unpaired) electrons. The molecule has 1 aromatic heterocycles. The van der Waals surface area contributed by atoms with Gasteiger partial charge in [-0.1, -0.05) is 32.6 Å². The Balaban J connectivity index is 1.49. The molecule has 0 unspecified atom stereocenters. The van der Waals surface area contributed by atoms with Gasteiger partial charge in [0.05, 0.1) is 11.5 Å². The molecular weight excluding hydrogens is 522 g/mol. The summed E-state index contributed by atoms with van der Waals surface area (Å²) in [6.45, 7) is 6.36. The van der Waals surface area contributed by atoms with Gasteiger partial charge in [0.1, 0.15) is 5.75 Å². The summed E-state index contributed by atoms with van der Waals surface area (Å²) in [4.78, 5) is 20.8. The van der Waals surface area contributed by atoms with Gasteiger partial charge in [0.15, 0.2) is 5.11 Å². The van der Waals surface area contributed by atoms with Gasteiger partial charge in [0.25, 0.3) is 15.9 Å². The number of hydrogen-bond acceptors (Lipinski definition) is 7. The lowest BCUT2D eigenvalue weighted by molar-refractivity contribution is 0.0977. The second-order valence-electron chi connectivity index (χ2n) is 8.80. The van der Waals surface area contributed by atoms with Crippen LogP contribution >= 0.6 is 12.2 Å². The molecule has 38 heavy (non-hydrogen) atoms. The quantitative estimate of drug-likeness (QED) is 0.201. The number of amides is 1. The van der Waals surface area contributed by atoms with Gasteiger partial charge in [0.2, 0.25) is 5.95 Å². The van der Waals surface area contributed by atoms with Crippen LogP contribution in [0.5, 0.6) is 5.75 Å². The first-order valence-corrected chi connectivity index (χ1v) is 14.4. The Morgan fingerprint density at radius 3 is 2.18 bits per heavy atom. The van der Waals surface area contributed by atoms with E-state index in [0.717, 1.165) is 12.8 Å². The van der Waals surface area contributed by atoms with Gasteiger partial charge in [-0.25, -0.2) is 23.1 Å². The lowest BCUT2D eigenvalue weighted by Crippen LogP contribution is -2.34. The van der Waals surface area contributed by atoms with Crippen molar-refractivity contribution in [1.29, 1.82) is 0 Å². The number of unbranched alkanes of at least 4 members (excludes halogenated alkanes) is 4. The zero-order valence-electron chi connectivity index (χ0n) is 21.8. The first kappa shape index (κ1) is 29.0. The second-order valence-corrected chi connectivity index (χ2v) is 10.9. The lowest BCUT2D eigenvalue weighted by atomic mass is 10.2. The van der Waals surface area contributed by atoms with Crippen LogP contribution in [0.3, 0.4) is 0 Å². The molecule has 3 rings (SSSR count). The van der Waals surface area contributed by atoms with Crippen LogP contribution in [0.4, 0.5) is 11.6 Å². The van der Waals surface area contributed by atoms with Gasteiger partial charge in [-0.3, -0.25) is 10.1 Å². The molecule has 0 saturated heterocycles. The summed E-state index contributed by atoms with van der Waals surface area (Å²) in [5, 5.41) is 5.58. The van der Waals surface area contributed by atoms with E-state index in [2.05, 4.69) is 32.2 Å². The van der Waals surface area contributed by atoms with E-state index in [9.17, 15) is 13.2 Å². The summed E-state index contributed by atoms with van der Waals surface area (Å²) in [5.41, 5.74) is 2.26. The number of nitrogens with one attached hydrogen (secondary N) is 3. The number of anilines is 2. The predicted octanol–water partition coefficient (Wildman–Crippen LogP) is 5.37.